The standard InChI is InChI=1S/C12H18N4O/c1-9(2)17-8-11(15-13)10-7-14-16-6-4-3-5-12(10)16/h3-7,9,11,15H,8,13H2,1-2H3. The number of pyridine rings is 1. The number of hydrazine groups is 1. The minimum absolute atomic E-state index is 0.0442. The third-order valence-electron chi connectivity index (χ3n) is 2.63. The second kappa shape index (κ2) is 5.27. The molecular weight excluding hydrogens is 216 g/mol. The van der Waals surface area contributed by atoms with Crippen molar-refractivity contribution in [3.05, 3.63) is 36.2 Å². The van der Waals surface area contributed by atoms with Gasteiger partial charge >= 0.3 is 0 Å². The second-order valence-electron chi connectivity index (χ2n) is 4.23. The van der Waals surface area contributed by atoms with E-state index in [0.717, 1.165) is 11.1 Å². The van der Waals surface area contributed by atoms with E-state index in [2.05, 4.69) is 10.5 Å². The lowest BCUT2D eigenvalue weighted by Gasteiger charge is -2.16. The molecule has 1 atom stereocenters. The van der Waals surface area contributed by atoms with Crippen LogP contribution in [-0.2, 0) is 4.74 Å². The molecule has 0 aliphatic heterocycles. The highest BCUT2D eigenvalue weighted by molar-refractivity contribution is 5.54. The van der Waals surface area contributed by atoms with Gasteiger partial charge in [-0.1, -0.05) is 6.07 Å². The van der Waals surface area contributed by atoms with Gasteiger partial charge in [0.15, 0.2) is 0 Å². The van der Waals surface area contributed by atoms with Gasteiger partial charge in [0.25, 0.3) is 0 Å². The Balaban J connectivity index is 2.24. The maximum atomic E-state index is 5.59. The zero-order valence-electron chi connectivity index (χ0n) is 10.1. The van der Waals surface area contributed by atoms with Crippen molar-refractivity contribution in [3.63, 3.8) is 0 Å². The topological polar surface area (TPSA) is 64.6 Å². The summed E-state index contributed by atoms with van der Waals surface area (Å²) in [7, 11) is 0. The van der Waals surface area contributed by atoms with Crippen LogP contribution in [0, 0.1) is 0 Å². The molecule has 0 radical (unpaired) electrons. The van der Waals surface area contributed by atoms with Crippen molar-refractivity contribution in [2.24, 2.45) is 5.84 Å². The molecule has 2 aromatic rings. The number of nitrogens with one attached hydrogen (secondary N) is 1. The monoisotopic (exact) mass is 234 g/mol. The molecule has 0 aliphatic carbocycles. The van der Waals surface area contributed by atoms with E-state index in [1.54, 1.807) is 0 Å². The molecule has 0 amide bonds. The van der Waals surface area contributed by atoms with Crippen molar-refractivity contribution in [2.75, 3.05) is 6.61 Å². The zero-order valence-corrected chi connectivity index (χ0v) is 10.1. The number of ether oxygens (including phenoxy) is 1. The van der Waals surface area contributed by atoms with Crippen LogP contribution >= 0.6 is 0 Å². The Morgan fingerprint density at radius 3 is 3.00 bits per heavy atom. The third-order valence-corrected chi connectivity index (χ3v) is 2.63. The van der Waals surface area contributed by atoms with Crippen LogP contribution in [-0.4, -0.2) is 22.3 Å². The van der Waals surface area contributed by atoms with Crippen molar-refractivity contribution in [1.82, 2.24) is 15.0 Å². The Bertz CT molecular complexity index is 480. The number of hydrogen-bond donors (Lipinski definition) is 2. The molecule has 0 saturated carbocycles. The van der Waals surface area contributed by atoms with Crippen molar-refractivity contribution in [3.8, 4) is 0 Å². The van der Waals surface area contributed by atoms with Gasteiger partial charge in [-0.05, 0) is 26.0 Å². The highest BCUT2D eigenvalue weighted by atomic mass is 16.5. The molecule has 3 N–H and O–H groups in total. The molecule has 0 aromatic carbocycles. The summed E-state index contributed by atoms with van der Waals surface area (Å²) in [6, 6.07) is 5.90. The van der Waals surface area contributed by atoms with Gasteiger partial charge in [0.05, 0.1) is 30.5 Å². The summed E-state index contributed by atoms with van der Waals surface area (Å²) in [5.41, 5.74) is 4.87. The van der Waals surface area contributed by atoms with Gasteiger partial charge in [-0.2, -0.15) is 5.10 Å². The van der Waals surface area contributed by atoms with Crippen LogP contribution in [0.1, 0.15) is 25.5 Å². The summed E-state index contributed by atoms with van der Waals surface area (Å²) in [6.07, 6.45) is 3.92. The van der Waals surface area contributed by atoms with Gasteiger partial charge in [0.1, 0.15) is 0 Å². The molecule has 0 aliphatic rings. The fourth-order valence-corrected chi connectivity index (χ4v) is 1.74. The fraction of sp³-hybridized carbons (Fsp3) is 0.417. The van der Waals surface area contributed by atoms with E-state index in [-0.39, 0.29) is 12.1 Å². The summed E-state index contributed by atoms with van der Waals surface area (Å²) >= 11 is 0. The smallest absolute Gasteiger partial charge is 0.0730 e. The van der Waals surface area contributed by atoms with E-state index in [1.807, 2.05) is 49.0 Å². The molecule has 0 fully saturated rings. The summed E-state index contributed by atoms with van der Waals surface area (Å²) < 4.78 is 7.42. The molecule has 0 saturated heterocycles. The minimum atomic E-state index is -0.0442. The number of nitrogens with zero attached hydrogens (tertiary/aromatic N) is 2. The first-order chi connectivity index (χ1) is 8.22. The van der Waals surface area contributed by atoms with Crippen LogP contribution in [0.2, 0.25) is 0 Å². The SMILES string of the molecule is CC(C)OCC(NN)c1cnn2ccccc12. The number of rotatable bonds is 5. The van der Waals surface area contributed by atoms with Crippen molar-refractivity contribution >= 4 is 5.52 Å². The quantitative estimate of drug-likeness (QED) is 0.604. The van der Waals surface area contributed by atoms with Gasteiger partial charge in [-0.3, -0.25) is 11.3 Å². The molecule has 17 heavy (non-hydrogen) atoms. The van der Waals surface area contributed by atoms with Crippen LogP contribution in [0.15, 0.2) is 30.6 Å². The second-order valence-corrected chi connectivity index (χ2v) is 4.23. The normalized spacial score (nSPS) is 13.4. The molecule has 92 valence electrons. The summed E-state index contributed by atoms with van der Waals surface area (Å²) in [5, 5.41) is 4.28. The maximum absolute atomic E-state index is 5.59. The Morgan fingerprint density at radius 2 is 2.29 bits per heavy atom. The van der Waals surface area contributed by atoms with Crippen LogP contribution in [0.25, 0.3) is 5.52 Å². The molecule has 0 spiro atoms. The lowest BCUT2D eigenvalue weighted by Crippen LogP contribution is -2.32. The van der Waals surface area contributed by atoms with Gasteiger partial charge in [-0.15, -0.1) is 0 Å². The van der Waals surface area contributed by atoms with E-state index in [4.69, 9.17) is 10.6 Å². The molecule has 2 aromatic heterocycles. The number of aromatic nitrogens is 2. The summed E-state index contributed by atoms with van der Waals surface area (Å²) in [6.45, 7) is 4.54. The molecule has 2 rings (SSSR count). The largest absolute Gasteiger partial charge is 0.377 e. The Morgan fingerprint density at radius 1 is 1.47 bits per heavy atom. The Hall–Kier alpha value is -1.43. The van der Waals surface area contributed by atoms with E-state index < -0.39 is 0 Å². The summed E-state index contributed by atoms with van der Waals surface area (Å²) in [5.74, 6) is 5.57. The molecule has 2 heterocycles. The van der Waals surface area contributed by atoms with Crippen LogP contribution in [0.3, 0.4) is 0 Å². The number of fused-ring (bicyclic) bond motifs is 1. The molecule has 5 nitrogen and oxygen atoms in total. The van der Waals surface area contributed by atoms with Crippen LogP contribution in [0.4, 0.5) is 0 Å². The predicted molar refractivity (Wildman–Crippen MR) is 66.3 cm³/mol. The minimum Gasteiger partial charge on any atom is -0.377 e. The van der Waals surface area contributed by atoms with E-state index in [0.29, 0.717) is 6.61 Å². The first kappa shape index (κ1) is 12.0. The van der Waals surface area contributed by atoms with E-state index in [1.165, 1.54) is 0 Å². The summed E-state index contributed by atoms with van der Waals surface area (Å²) in [4.78, 5) is 0. The third kappa shape index (κ3) is 2.63. The molecule has 0 bridgehead atoms. The van der Waals surface area contributed by atoms with Gasteiger partial charge in [0, 0.05) is 11.8 Å². The van der Waals surface area contributed by atoms with E-state index in [9.17, 15) is 0 Å². The lowest BCUT2D eigenvalue weighted by atomic mass is 10.1. The average Bonchev–Trinajstić information content (AvgIpc) is 2.74. The number of hydrogen-bond acceptors (Lipinski definition) is 4. The first-order valence-electron chi connectivity index (χ1n) is 5.72. The first-order valence-corrected chi connectivity index (χ1v) is 5.72. The van der Waals surface area contributed by atoms with Crippen molar-refractivity contribution < 1.29 is 4.74 Å². The van der Waals surface area contributed by atoms with Gasteiger partial charge in [-0.25, -0.2) is 4.52 Å². The zero-order chi connectivity index (χ0) is 12.3. The van der Waals surface area contributed by atoms with E-state index >= 15 is 0 Å². The number of nitrogens with two attached hydrogens (primary N) is 1. The highest BCUT2D eigenvalue weighted by Crippen LogP contribution is 2.18. The Labute approximate surface area is 101 Å². The van der Waals surface area contributed by atoms with Gasteiger partial charge < -0.3 is 4.74 Å². The molecule has 1 unspecified atom stereocenters. The highest BCUT2D eigenvalue weighted by Gasteiger charge is 2.15. The van der Waals surface area contributed by atoms with Gasteiger partial charge in [0.2, 0.25) is 0 Å². The maximum Gasteiger partial charge on any atom is 0.0730 e. The van der Waals surface area contributed by atoms with Crippen LogP contribution < -0.4 is 11.3 Å². The molecular formula is C12H18N4O. The molecule has 5 heteroatoms. The fourth-order valence-electron chi connectivity index (χ4n) is 1.74. The Kier molecular flexibility index (Phi) is 3.73. The average molecular weight is 234 g/mol. The predicted octanol–water partition coefficient (Wildman–Crippen LogP) is 1.26. The lowest BCUT2D eigenvalue weighted by molar-refractivity contribution is 0.0614. The van der Waals surface area contributed by atoms with Crippen molar-refractivity contribution in [1.29, 1.82) is 0 Å². The van der Waals surface area contributed by atoms with Crippen LogP contribution in [0.5, 0.6) is 0 Å². The van der Waals surface area contributed by atoms with Crippen molar-refractivity contribution in [2.45, 2.75) is 26.0 Å².